The molecule has 0 amide bonds. The topological polar surface area (TPSA) is 27.8 Å². The number of fused-ring (bicyclic) bond motifs is 1. The summed E-state index contributed by atoms with van der Waals surface area (Å²) in [4.78, 5) is 3.21. The first-order valence-electron chi connectivity index (χ1n) is 5.03. The van der Waals surface area contributed by atoms with Crippen molar-refractivity contribution >= 4 is 10.9 Å². The Balaban J connectivity index is 2.33. The molecule has 0 aliphatic rings. The number of rotatable bonds is 3. The van der Waals surface area contributed by atoms with E-state index in [2.05, 4.69) is 22.4 Å². The van der Waals surface area contributed by atoms with Gasteiger partial charge >= 0.3 is 0 Å². The van der Waals surface area contributed by atoms with Crippen LogP contribution in [0.25, 0.3) is 10.9 Å². The summed E-state index contributed by atoms with van der Waals surface area (Å²) >= 11 is 0. The molecule has 0 saturated heterocycles. The van der Waals surface area contributed by atoms with Crippen LogP contribution in [0.3, 0.4) is 0 Å². The van der Waals surface area contributed by atoms with Gasteiger partial charge in [-0.1, -0.05) is 18.2 Å². The van der Waals surface area contributed by atoms with Gasteiger partial charge in [-0.3, -0.25) is 0 Å². The second-order valence-corrected chi connectivity index (χ2v) is 3.06. The Kier molecular flexibility index (Phi) is 1.99. The van der Waals surface area contributed by atoms with Gasteiger partial charge < -0.3 is 10.3 Å². The van der Waals surface area contributed by atoms with Crippen molar-refractivity contribution in [1.82, 2.24) is 10.3 Å². The lowest BCUT2D eigenvalue weighted by Gasteiger charge is -1.97. The zero-order chi connectivity index (χ0) is 9.97. The summed E-state index contributed by atoms with van der Waals surface area (Å²) in [5.41, 5.74) is 2.35. The first kappa shape index (κ1) is 7.15. The second kappa shape index (κ2) is 3.62. The third kappa shape index (κ3) is 1.58. The van der Waals surface area contributed by atoms with E-state index in [1.165, 1.54) is 10.9 Å². The molecule has 2 nitrogen and oxygen atoms in total. The average molecular weight is 175 g/mol. The Labute approximate surface area is 79.4 Å². The number of aromatic amines is 1. The standard InChI is InChI=1S/C11H14N2/c1-12-7-6-9-8-13-11-5-3-2-4-10(9)11/h2-5,8,12-13H,6-7H2,1H3/i7D. The maximum Gasteiger partial charge on any atom is 0.0456 e. The Morgan fingerprint density at radius 2 is 2.31 bits per heavy atom. The Hall–Kier alpha value is -1.28. The normalized spacial score (nSPS) is 14.4. The summed E-state index contributed by atoms with van der Waals surface area (Å²) in [6.45, 7) is -0.228. The first-order chi connectivity index (χ1) is 6.81. The van der Waals surface area contributed by atoms with Gasteiger partial charge in [0.05, 0.1) is 0 Å². The minimum Gasteiger partial charge on any atom is -0.361 e. The molecule has 0 aliphatic carbocycles. The molecular weight excluding hydrogens is 160 g/mol. The van der Waals surface area contributed by atoms with E-state index in [1.807, 2.05) is 25.4 Å². The highest BCUT2D eigenvalue weighted by Crippen LogP contribution is 2.17. The Bertz CT molecular complexity index is 422. The molecule has 0 radical (unpaired) electrons. The van der Waals surface area contributed by atoms with Crippen molar-refractivity contribution in [2.45, 2.75) is 6.42 Å². The van der Waals surface area contributed by atoms with Crippen LogP contribution in [0.2, 0.25) is 0 Å². The number of aromatic nitrogens is 1. The van der Waals surface area contributed by atoms with Crippen molar-refractivity contribution in [2.75, 3.05) is 13.6 Å². The van der Waals surface area contributed by atoms with E-state index in [0.29, 0.717) is 0 Å². The quantitative estimate of drug-likeness (QED) is 0.733. The number of nitrogens with one attached hydrogen (secondary N) is 2. The largest absolute Gasteiger partial charge is 0.361 e. The van der Waals surface area contributed by atoms with E-state index in [1.54, 1.807) is 0 Å². The lowest BCUT2D eigenvalue weighted by Crippen LogP contribution is -2.09. The third-order valence-electron chi connectivity index (χ3n) is 2.20. The van der Waals surface area contributed by atoms with Crippen LogP contribution in [0, 0.1) is 0 Å². The summed E-state index contributed by atoms with van der Waals surface area (Å²) in [7, 11) is 1.81. The molecule has 2 aromatic rings. The fourth-order valence-electron chi connectivity index (χ4n) is 1.51. The number of hydrogen-bond acceptors (Lipinski definition) is 1. The van der Waals surface area contributed by atoms with Crippen LogP contribution in [0.4, 0.5) is 0 Å². The summed E-state index contributed by atoms with van der Waals surface area (Å²) in [5.74, 6) is 0. The van der Waals surface area contributed by atoms with E-state index in [-0.39, 0.29) is 6.52 Å². The van der Waals surface area contributed by atoms with Gasteiger partial charge in [0.2, 0.25) is 0 Å². The molecule has 1 unspecified atom stereocenters. The lowest BCUT2D eigenvalue weighted by atomic mass is 10.1. The third-order valence-corrected chi connectivity index (χ3v) is 2.20. The molecule has 1 aromatic heterocycles. The van der Waals surface area contributed by atoms with Crippen molar-refractivity contribution in [3.05, 3.63) is 36.0 Å². The van der Waals surface area contributed by atoms with Gasteiger partial charge in [0.25, 0.3) is 0 Å². The highest BCUT2D eigenvalue weighted by atomic mass is 14.8. The van der Waals surface area contributed by atoms with Gasteiger partial charge in [-0.25, -0.2) is 0 Å². The molecule has 2 N–H and O–H groups in total. The number of benzene rings is 1. The van der Waals surface area contributed by atoms with Gasteiger partial charge in [0.15, 0.2) is 0 Å². The SMILES string of the molecule is [2H]C(Cc1c[nH]c2ccccc12)NC. The van der Waals surface area contributed by atoms with Crippen molar-refractivity contribution in [3.8, 4) is 0 Å². The maximum absolute atomic E-state index is 7.65. The summed E-state index contributed by atoms with van der Waals surface area (Å²) in [6, 6.07) is 8.18. The fraction of sp³-hybridized carbons (Fsp3) is 0.273. The fourth-order valence-corrected chi connectivity index (χ4v) is 1.51. The molecule has 0 spiro atoms. The van der Waals surface area contributed by atoms with E-state index in [4.69, 9.17) is 1.37 Å². The molecule has 2 heteroatoms. The number of para-hydroxylation sites is 1. The van der Waals surface area contributed by atoms with Crippen molar-refractivity contribution in [3.63, 3.8) is 0 Å². The molecule has 13 heavy (non-hydrogen) atoms. The van der Waals surface area contributed by atoms with Crippen LogP contribution in [-0.2, 0) is 6.42 Å². The second-order valence-electron chi connectivity index (χ2n) is 3.06. The molecule has 2 rings (SSSR count). The predicted molar refractivity (Wildman–Crippen MR) is 55.9 cm³/mol. The molecular formula is C11H14N2. The molecule has 0 fully saturated rings. The minimum atomic E-state index is -0.228. The summed E-state index contributed by atoms with van der Waals surface area (Å²) in [5, 5.41) is 4.14. The van der Waals surface area contributed by atoms with E-state index < -0.39 is 0 Å². The van der Waals surface area contributed by atoms with Gasteiger partial charge in [-0.2, -0.15) is 0 Å². The molecule has 0 bridgehead atoms. The van der Waals surface area contributed by atoms with E-state index >= 15 is 0 Å². The lowest BCUT2D eigenvalue weighted by molar-refractivity contribution is 0.795. The zero-order valence-corrected chi connectivity index (χ0v) is 7.67. The smallest absolute Gasteiger partial charge is 0.0456 e. The monoisotopic (exact) mass is 175 g/mol. The number of likely N-dealkylation sites (N-methyl/N-ethyl adjacent to an activating group) is 1. The molecule has 1 aromatic carbocycles. The molecule has 1 heterocycles. The van der Waals surface area contributed by atoms with Crippen LogP contribution in [-0.4, -0.2) is 18.6 Å². The van der Waals surface area contributed by atoms with Crippen LogP contribution in [0.1, 0.15) is 6.93 Å². The molecule has 0 saturated carbocycles. The van der Waals surface area contributed by atoms with E-state index in [0.717, 1.165) is 11.9 Å². The molecule has 68 valence electrons. The minimum absolute atomic E-state index is 0.228. The first-order valence-corrected chi connectivity index (χ1v) is 4.46. The van der Waals surface area contributed by atoms with Crippen molar-refractivity contribution < 1.29 is 1.37 Å². The predicted octanol–water partition coefficient (Wildman–Crippen LogP) is 1.93. The number of H-pyrrole nitrogens is 1. The van der Waals surface area contributed by atoms with Gasteiger partial charge in [0.1, 0.15) is 0 Å². The van der Waals surface area contributed by atoms with Gasteiger partial charge in [0, 0.05) is 18.5 Å². The van der Waals surface area contributed by atoms with Crippen molar-refractivity contribution in [2.24, 2.45) is 0 Å². The molecule has 0 aliphatic heterocycles. The van der Waals surface area contributed by atoms with Crippen LogP contribution in [0.15, 0.2) is 30.5 Å². The van der Waals surface area contributed by atoms with Crippen LogP contribution in [0.5, 0.6) is 0 Å². The van der Waals surface area contributed by atoms with Gasteiger partial charge in [-0.15, -0.1) is 0 Å². The number of hydrogen-bond donors (Lipinski definition) is 2. The van der Waals surface area contributed by atoms with Gasteiger partial charge in [-0.05, 0) is 31.6 Å². The van der Waals surface area contributed by atoms with Crippen LogP contribution >= 0.6 is 0 Å². The summed E-state index contributed by atoms with van der Waals surface area (Å²) in [6.07, 6.45) is 2.73. The highest BCUT2D eigenvalue weighted by molar-refractivity contribution is 5.82. The Morgan fingerprint density at radius 3 is 3.15 bits per heavy atom. The number of aryl methyl sites for hydroxylation is 1. The summed E-state index contributed by atoms with van der Waals surface area (Å²) < 4.78 is 7.65. The van der Waals surface area contributed by atoms with E-state index in [9.17, 15) is 0 Å². The Morgan fingerprint density at radius 1 is 1.46 bits per heavy atom. The maximum atomic E-state index is 7.65. The van der Waals surface area contributed by atoms with Crippen molar-refractivity contribution in [1.29, 1.82) is 0 Å². The highest BCUT2D eigenvalue weighted by Gasteiger charge is 2.00. The molecule has 1 atom stereocenters. The van der Waals surface area contributed by atoms with Crippen LogP contribution < -0.4 is 5.32 Å². The zero-order valence-electron chi connectivity index (χ0n) is 8.67. The average Bonchev–Trinajstić information content (AvgIpc) is 2.62.